The van der Waals surface area contributed by atoms with Gasteiger partial charge in [-0.05, 0) is 6.92 Å². The predicted molar refractivity (Wildman–Crippen MR) is 60.7 cm³/mol. The zero-order chi connectivity index (χ0) is 12.8. The van der Waals surface area contributed by atoms with Crippen molar-refractivity contribution in [3.8, 4) is 0 Å². The number of aliphatic hydroxyl groups is 1. The second-order valence-electron chi connectivity index (χ2n) is 3.28. The number of urea groups is 1. The van der Waals surface area contributed by atoms with Gasteiger partial charge in [-0.3, -0.25) is 0 Å². The smallest absolute Gasteiger partial charge is 0.328 e. The van der Waals surface area contributed by atoms with Gasteiger partial charge >= 0.3 is 12.0 Å². The number of carbonyl (C=O) groups is 2. The fourth-order valence-electron chi connectivity index (χ4n) is 1.09. The molecule has 0 aliphatic heterocycles. The van der Waals surface area contributed by atoms with E-state index in [0.717, 1.165) is 5.01 Å². The lowest BCUT2D eigenvalue weighted by Gasteiger charge is -2.15. The lowest BCUT2D eigenvalue weighted by molar-refractivity contribution is -0.140. The summed E-state index contributed by atoms with van der Waals surface area (Å²) >= 11 is 1.38. The van der Waals surface area contributed by atoms with E-state index >= 15 is 0 Å². The highest BCUT2D eigenvalue weighted by Crippen LogP contribution is 2.14. The molecule has 8 heteroatoms. The van der Waals surface area contributed by atoms with E-state index in [1.807, 2.05) is 0 Å². The number of nitrogens with zero attached hydrogens (tertiary/aromatic N) is 1. The number of carboxylic acid groups (broad SMARTS) is 1. The topological polar surface area (TPSA) is 112 Å². The molecule has 2 amide bonds. The summed E-state index contributed by atoms with van der Waals surface area (Å²) in [6.45, 7) is 1.07. The summed E-state index contributed by atoms with van der Waals surface area (Å²) < 4.78 is 0. The van der Waals surface area contributed by atoms with Crippen molar-refractivity contribution < 1.29 is 19.8 Å². The summed E-state index contributed by atoms with van der Waals surface area (Å²) in [6.07, 6.45) is 1.61. The Labute approximate surface area is 101 Å². The van der Waals surface area contributed by atoms with Crippen LogP contribution in [-0.2, 0) is 4.79 Å². The average Bonchev–Trinajstić information content (AvgIpc) is 2.78. The largest absolute Gasteiger partial charge is 0.480 e. The molecule has 7 nitrogen and oxygen atoms in total. The highest BCUT2D eigenvalue weighted by atomic mass is 32.1. The molecule has 1 unspecified atom stereocenters. The molecule has 0 aliphatic carbocycles. The fourth-order valence-corrected chi connectivity index (χ4v) is 1.74. The average molecular weight is 259 g/mol. The Morgan fingerprint density at radius 3 is 2.71 bits per heavy atom. The minimum atomic E-state index is -1.31. The van der Waals surface area contributed by atoms with Crippen molar-refractivity contribution in [1.82, 2.24) is 15.6 Å². The quantitative estimate of drug-likeness (QED) is 0.592. The van der Waals surface area contributed by atoms with Gasteiger partial charge in [0.2, 0.25) is 0 Å². The summed E-state index contributed by atoms with van der Waals surface area (Å²) in [6, 6.07) is -2.28. The summed E-state index contributed by atoms with van der Waals surface area (Å²) in [7, 11) is 0. The maximum atomic E-state index is 11.4. The van der Waals surface area contributed by atoms with E-state index in [4.69, 9.17) is 10.2 Å². The number of hydrogen-bond donors (Lipinski definition) is 4. The minimum Gasteiger partial charge on any atom is -0.480 e. The number of carbonyl (C=O) groups excluding carboxylic acids is 1. The van der Waals surface area contributed by atoms with Gasteiger partial charge in [-0.15, -0.1) is 11.3 Å². The lowest BCUT2D eigenvalue weighted by atomic mass is 10.3. The highest BCUT2D eigenvalue weighted by molar-refractivity contribution is 7.09. The van der Waals surface area contributed by atoms with Gasteiger partial charge in [0.1, 0.15) is 5.01 Å². The van der Waals surface area contributed by atoms with E-state index in [1.165, 1.54) is 11.3 Å². The Balaban J connectivity index is 2.47. The van der Waals surface area contributed by atoms with Crippen LogP contribution >= 0.6 is 11.3 Å². The molecule has 0 bridgehead atoms. The predicted octanol–water partition coefficient (Wildman–Crippen LogP) is -0.0512. The molecule has 0 fully saturated rings. The first-order valence-corrected chi connectivity index (χ1v) is 5.72. The second kappa shape index (κ2) is 6.16. The molecular weight excluding hydrogens is 246 g/mol. The molecule has 0 saturated heterocycles. The number of rotatable bonds is 5. The molecule has 1 aromatic rings. The third-order valence-electron chi connectivity index (χ3n) is 1.96. The van der Waals surface area contributed by atoms with Crippen LogP contribution in [0.5, 0.6) is 0 Å². The zero-order valence-electron chi connectivity index (χ0n) is 9.08. The molecule has 0 spiro atoms. The Morgan fingerprint density at radius 1 is 1.53 bits per heavy atom. The minimum absolute atomic E-state index is 0.317. The van der Waals surface area contributed by atoms with E-state index in [9.17, 15) is 9.59 Å². The van der Waals surface area contributed by atoms with Crippen LogP contribution in [0.2, 0.25) is 0 Å². The molecule has 0 saturated carbocycles. The second-order valence-corrected chi connectivity index (χ2v) is 4.21. The van der Waals surface area contributed by atoms with Gasteiger partial charge in [-0.1, -0.05) is 0 Å². The standard InChI is InChI=1S/C9H13N3O4S/c1-5(7-10-2-3-17-7)11-9(16)12-6(4-13)8(14)15/h2-3,5-6,13H,4H2,1H3,(H,14,15)(H2,11,12,16)/t5?,6-/m0/s1. The van der Waals surface area contributed by atoms with E-state index < -0.39 is 24.6 Å². The number of hydrogen-bond acceptors (Lipinski definition) is 5. The van der Waals surface area contributed by atoms with Crippen LogP contribution in [-0.4, -0.2) is 39.8 Å². The van der Waals surface area contributed by atoms with Gasteiger partial charge in [0, 0.05) is 11.6 Å². The van der Waals surface area contributed by atoms with E-state index in [1.54, 1.807) is 18.5 Å². The third-order valence-corrected chi connectivity index (χ3v) is 2.91. The summed E-state index contributed by atoms with van der Waals surface area (Å²) in [5, 5.41) is 24.5. The number of amides is 2. The molecule has 1 heterocycles. The van der Waals surface area contributed by atoms with E-state index in [-0.39, 0.29) is 6.04 Å². The first-order chi connectivity index (χ1) is 8.04. The van der Waals surface area contributed by atoms with Crippen LogP contribution in [0.4, 0.5) is 4.79 Å². The normalized spacial score (nSPS) is 13.8. The first-order valence-electron chi connectivity index (χ1n) is 4.84. The SMILES string of the molecule is CC(NC(=O)N[C@@H](CO)C(=O)O)c1nccs1. The number of carboxylic acids is 1. The lowest BCUT2D eigenvalue weighted by Crippen LogP contribution is -2.48. The number of aliphatic carboxylic acids is 1. The summed E-state index contributed by atoms with van der Waals surface area (Å²) in [4.78, 5) is 26.0. The molecule has 2 atom stereocenters. The van der Waals surface area contributed by atoms with Crippen molar-refractivity contribution in [3.05, 3.63) is 16.6 Å². The molecule has 94 valence electrons. The molecule has 17 heavy (non-hydrogen) atoms. The van der Waals surface area contributed by atoms with Crippen LogP contribution in [0, 0.1) is 0 Å². The van der Waals surface area contributed by atoms with Gasteiger partial charge in [0.05, 0.1) is 12.6 Å². The van der Waals surface area contributed by atoms with Crippen LogP contribution < -0.4 is 10.6 Å². The third kappa shape index (κ3) is 4.00. The van der Waals surface area contributed by atoms with Crippen molar-refractivity contribution in [2.45, 2.75) is 19.0 Å². The molecule has 1 rings (SSSR count). The van der Waals surface area contributed by atoms with Crippen molar-refractivity contribution in [2.24, 2.45) is 0 Å². The highest BCUT2D eigenvalue weighted by Gasteiger charge is 2.20. The summed E-state index contributed by atoms with van der Waals surface area (Å²) in [5.74, 6) is -1.29. The molecule has 0 aromatic carbocycles. The number of thiazole rings is 1. The van der Waals surface area contributed by atoms with Crippen molar-refractivity contribution in [2.75, 3.05) is 6.61 Å². The Morgan fingerprint density at radius 2 is 2.24 bits per heavy atom. The number of nitrogens with one attached hydrogen (secondary N) is 2. The number of aromatic nitrogens is 1. The Kier molecular flexibility index (Phi) is 4.85. The maximum absolute atomic E-state index is 11.4. The van der Waals surface area contributed by atoms with Gasteiger partial charge in [0.15, 0.2) is 6.04 Å². The number of aliphatic hydroxyl groups excluding tert-OH is 1. The fraction of sp³-hybridized carbons (Fsp3) is 0.444. The van der Waals surface area contributed by atoms with Gasteiger partial charge in [-0.25, -0.2) is 14.6 Å². The molecule has 1 aromatic heterocycles. The zero-order valence-corrected chi connectivity index (χ0v) is 9.90. The molecular formula is C9H13N3O4S. The first kappa shape index (κ1) is 13.4. The van der Waals surface area contributed by atoms with E-state index in [2.05, 4.69) is 15.6 Å². The van der Waals surface area contributed by atoms with Gasteiger partial charge < -0.3 is 20.8 Å². The Bertz CT molecular complexity index is 382. The van der Waals surface area contributed by atoms with E-state index in [0.29, 0.717) is 0 Å². The Hall–Kier alpha value is -1.67. The van der Waals surface area contributed by atoms with Crippen LogP contribution in [0.15, 0.2) is 11.6 Å². The maximum Gasteiger partial charge on any atom is 0.328 e. The molecule has 4 N–H and O–H groups in total. The molecule has 0 radical (unpaired) electrons. The van der Waals surface area contributed by atoms with Crippen molar-refractivity contribution >= 4 is 23.3 Å². The van der Waals surface area contributed by atoms with Gasteiger partial charge in [-0.2, -0.15) is 0 Å². The van der Waals surface area contributed by atoms with Crippen molar-refractivity contribution in [1.29, 1.82) is 0 Å². The van der Waals surface area contributed by atoms with Gasteiger partial charge in [0.25, 0.3) is 0 Å². The van der Waals surface area contributed by atoms with Crippen LogP contribution in [0.1, 0.15) is 18.0 Å². The molecule has 0 aliphatic rings. The summed E-state index contributed by atoms with van der Waals surface area (Å²) in [5.41, 5.74) is 0. The van der Waals surface area contributed by atoms with Crippen molar-refractivity contribution in [3.63, 3.8) is 0 Å². The van der Waals surface area contributed by atoms with Crippen LogP contribution in [0.25, 0.3) is 0 Å². The monoisotopic (exact) mass is 259 g/mol. The van der Waals surface area contributed by atoms with Crippen LogP contribution in [0.3, 0.4) is 0 Å².